The van der Waals surface area contributed by atoms with Crippen molar-refractivity contribution in [1.82, 2.24) is 5.32 Å². The smallest absolute Gasteiger partial charge is 0.239 e. The van der Waals surface area contributed by atoms with Gasteiger partial charge in [-0.2, -0.15) is 0 Å². The molecular weight excluding hydrogens is 360 g/mol. The van der Waals surface area contributed by atoms with Gasteiger partial charge in [-0.05, 0) is 43.4 Å². The van der Waals surface area contributed by atoms with Crippen molar-refractivity contribution in [2.75, 3.05) is 0 Å². The number of ketones is 1. The molecule has 1 aromatic rings. The summed E-state index contributed by atoms with van der Waals surface area (Å²) in [7, 11) is 0. The molecule has 3 N–H and O–H groups in total. The van der Waals surface area contributed by atoms with Gasteiger partial charge in [-0.25, -0.2) is 0 Å². The van der Waals surface area contributed by atoms with Crippen LogP contribution in [0.1, 0.15) is 44.1 Å². The van der Waals surface area contributed by atoms with Crippen molar-refractivity contribution in [1.29, 1.82) is 0 Å². The van der Waals surface area contributed by atoms with Gasteiger partial charge in [0.25, 0.3) is 0 Å². The first-order valence-corrected chi connectivity index (χ1v) is 8.53. The molecule has 0 heterocycles. The minimum absolute atomic E-state index is 0.164. The predicted molar refractivity (Wildman–Crippen MR) is 90.6 cm³/mol. The minimum atomic E-state index is -0.716. The molecule has 124 valence electrons. The van der Waals surface area contributed by atoms with E-state index < -0.39 is 11.9 Å². The SMILES string of the molecule is CC(NC(=O)CC(CC(=O)C1CC1)c1ccc(Br)cc1)C(N)=O. The number of Topliss-reactive ketones (excluding diaryl/α,β-unsaturated/α-hetero) is 1. The van der Waals surface area contributed by atoms with Gasteiger partial charge in [0.05, 0.1) is 0 Å². The molecule has 1 aliphatic rings. The van der Waals surface area contributed by atoms with Crippen molar-refractivity contribution < 1.29 is 14.4 Å². The number of hydrogen-bond acceptors (Lipinski definition) is 3. The molecule has 0 aromatic heterocycles. The van der Waals surface area contributed by atoms with Gasteiger partial charge in [0.1, 0.15) is 11.8 Å². The molecule has 1 fully saturated rings. The first-order valence-electron chi connectivity index (χ1n) is 7.73. The maximum atomic E-state index is 12.2. The van der Waals surface area contributed by atoms with E-state index in [-0.39, 0.29) is 29.9 Å². The van der Waals surface area contributed by atoms with Crippen LogP contribution in [0, 0.1) is 5.92 Å². The first-order chi connectivity index (χ1) is 10.9. The van der Waals surface area contributed by atoms with Crippen LogP contribution >= 0.6 is 15.9 Å². The zero-order valence-corrected chi connectivity index (χ0v) is 14.6. The third-order valence-corrected chi connectivity index (χ3v) is 4.59. The molecule has 0 aliphatic heterocycles. The molecule has 2 unspecified atom stereocenters. The number of carbonyl (C=O) groups is 3. The van der Waals surface area contributed by atoms with Gasteiger partial charge in [0, 0.05) is 23.2 Å². The number of nitrogens with two attached hydrogens (primary N) is 1. The van der Waals surface area contributed by atoms with Gasteiger partial charge in [-0.3, -0.25) is 14.4 Å². The molecule has 2 atom stereocenters. The Morgan fingerprint density at radius 2 is 1.83 bits per heavy atom. The molecule has 2 rings (SSSR count). The summed E-state index contributed by atoms with van der Waals surface area (Å²) in [6, 6.07) is 6.91. The normalized spacial score (nSPS) is 16.4. The van der Waals surface area contributed by atoms with E-state index in [4.69, 9.17) is 5.73 Å². The second kappa shape index (κ2) is 7.73. The molecule has 0 radical (unpaired) electrons. The summed E-state index contributed by atoms with van der Waals surface area (Å²) < 4.78 is 0.945. The molecule has 0 saturated heterocycles. The van der Waals surface area contributed by atoms with Crippen LogP contribution in [0.2, 0.25) is 0 Å². The quantitative estimate of drug-likeness (QED) is 0.724. The number of primary amides is 1. The Labute approximate surface area is 144 Å². The lowest BCUT2D eigenvalue weighted by atomic mass is 9.89. The van der Waals surface area contributed by atoms with Gasteiger partial charge < -0.3 is 11.1 Å². The van der Waals surface area contributed by atoms with Crippen molar-refractivity contribution in [2.45, 2.75) is 44.6 Å². The van der Waals surface area contributed by atoms with E-state index in [1.54, 1.807) is 6.92 Å². The van der Waals surface area contributed by atoms with Crippen LogP contribution < -0.4 is 11.1 Å². The minimum Gasteiger partial charge on any atom is -0.368 e. The molecule has 0 bridgehead atoms. The fraction of sp³-hybridized carbons (Fsp3) is 0.471. The van der Waals surface area contributed by atoms with Crippen LogP contribution in [0.5, 0.6) is 0 Å². The van der Waals surface area contributed by atoms with E-state index >= 15 is 0 Å². The Balaban J connectivity index is 2.06. The number of rotatable bonds is 8. The molecule has 1 aliphatic carbocycles. The fourth-order valence-corrected chi connectivity index (χ4v) is 2.72. The molecule has 23 heavy (non-hydrogen) atoms. The van der Waals surface area contributed by atoms with E-state index in [1.165, 1.54) is 0 Å². The van der Waals surface area contributed by atoms with Gasteiger partial charge in [-0.15, -0.1) is 0 Å². The van der Waals surface area contributed by atoms with Gasteiger partial charge in [-0.1, -0.05) is 28.1 Å². The zero-order chi connectivity index (χ0) is 17.0. The van der Waals surface area contributed by atoms with Crippen molar-refractivity contribution in [3.05, 3.63) is 34.3 Å². The fourth-order valence-electron chi connectivity index (χ4n) is 2.45. The molecular formula is C17H21BrN2O3. The number of nitrogens with one attached hydrogen (secondary N) is 1. The van der Waals surface area contributed by atoms with Crippen LogP contribution in [-0.4, -0.2) is 23.6 Å². The first kappa shape index (κ1) is 17.7. The van der Waals surface area contributed by atoms with Crippen LogP contribution in [-0.2, 0) is 14.4 Å². The van der Waals surface area contributed by atoms with Gasteiger partial charge >= 0.3 is 0 Å². The van der Waals surface area contributed by atoms with Crippen molar-refractivity contribution in [3.8, 4) is 0 Å². The monoisotopic (exact) mass is 380 g/mol. The highest BCUT2D eigenvalue weighted by Gasteiger charge is 2.32. The summed E-state index contributed by atoms with van der Waals surface area (Å²) in [5, 5.41) is 2.58. The molecule has 0 spiro atoms. The average molecular weight is 381 g/mol. The number of carbonyl (C=O) groups excluding carboxylic acids is 3. The number of benzene rings is 1. The summed E-state index contributed by atoms with van der Waals surface area (Å²) in [4.78, 5) is 35.3. The number of amides is 2. The van der Waals surface area contributed by atoms with E-state index in [9.17, 15) is 14.4 Å². The maximum absolute atomic E-state index is 12.2. The average Bonchev–Trinajstić information content (AvgIpc) is 3.31. The maximum Gasteiger partial charge on any atom is 0.239 e. The van der Waals surface area contributed by atoms with E-state index in [1.807, 2.05) is 24.3 Å². The van der Waals surface area contributed by atoms with Crippen LogP contribution in [0.4, 0.5) is 0 Å². The highest BCUT2D eigenvalue weighted by molar-refractivity contribution is 9.10. The van der Waals surface area contributed by atoms with Gasteiger partial charge in [0.2, 0.25) is 11.8 Å². The standard InChI is InChI=1S/C17H21BrN2O3/c1-10(17(19)23)20-16(22)9-13(8-15(21)12-2-3-12)11-4-6-14(18)7-5-11/h4-7,10,12-13H,2-3,8-9H2,1H3,(H2,19,23)(H,20,22). The lowest BCUT2D eigenvalue weighted by Crippen LogP contribution is -2.42. The number of hydrogen-bond donors (Lipinski definition) is 2. The third kappa shape index (κ3) is 5.46. The molecule has 1 saturated carbocycles. The highest BCUT2D eigenvalue weighted by Crippen LogP contribution is 2.35. The van der Waals surface area contributed by atoms with Crippen LogP contribution in [0.15, 0.2) is 28.7 Å². The summed E-state index contributed by atoms with van der Waals surface area (Å²) in [5.74, 6) is -0.647. The second-order valence-electron chi connectivity index (χ2n) is 6.09. The Morgan fingerprint density at radius 1 is 1.22 bits per heavy atom. The predicted octanol–water partition coefficient (Wildman–Crippen LogP) is 2.28. The van der Waals surface area contributed by atoms with E-state index in [0.29, 0.717) is 6.42 Å². The van der Waals surface area contributed by atoms with Crippen LogP contribution in [0.25, 0.3) is 0 Å². The summed E-state index contributed by atoms with van der Waals surface area (Å²) in [5.41, 5.74) is 6.11. The molecule has 2 amide bonds. The van der Waals surface area contributed by atoms with Crippen LogP contribution in [0.3, 0.4) is 0 Å². The Morgan fingerprint density at radius 3 is 2.35 bits per heavy atom. The third-order valence-electron chi connectivity index (χ3n) is 4.06. The number of halogens is 1. The Bertz CT molecular complexity index is 596. The summed E-state index contributed by atoms with van der Waals surface area (Å²) in [6.07, 6.45) is 2.43. The molecule has 1 aromatic carbocycles. The topological polar surface area (TPSA) is 89.3 Å². The van der Waals surface area contributed by atoms with Gasteiger partial charge in [0.15, 0.2) is 0 Å². The Hall–Kier alpha value is -1.69. The lowest BCUT2D eigenvalue weighted by Gasteiger charge is -2.18. The summed E-state index contributed by atoms with van der Waals surface area (Å²) in [6.45, 7) is 1.55. The van der Waals surface area contributed by atoms with Crippen molar-refractivity contribution >= 4 is 33.5 Å². The largest absolute Gasteiger partial charge is 0.368 e. The molecule has 6 heteroatoms. The second-order valence-corrected chi connectivity index (χ2v) is 7.00. The van der Waals surface area contributed by atoms with Crippen molar-refractivity contribution in [3.63, 3.8) is 0 Å². The summed E-state index contributed by atoms with van der Waals surface area (Å²) >= 11 is 3.38. The highest BCUT2D eigenvalue weighted by atomic mass is 79.9. The lowest BCUT2D eigenvalue weighted by molar-refractivity contribution is -0.127. The zero-order valence-electron chi connectivity index (χ0n) is 13.0. The van der Waals surface area contributed by atoms with E-state index in [2.05, 4.69) is 21.2 Å². The van der Waals surface area contributed by atoms with E-state index in [0.717, 1.165) is 22.9 Å². The Kier molecular flexibility index (Phi) is 5.93. The van der Waals surface area contributed by atoms with Crippen molar-refractivity contribution in [2.24, 2.45) is 11.7 Å². The molecule has 5 nitrogen and oxygen atoms in total.